The fraction of sp³-hybridized carbons (Fsp3) is 0.182. The van der Waals surface area contributed by atoms with Crippen molar-refractivity contribution in [3.63, 3.8) is 0 Å². The Labute approximate surface area is 172 Å². The summed E-state index contributed by atoms with van der Waals surface area (Å²) >= 11 is 0. The minimum absolute atomic E-state index is 0.0669. The standard InChI is InChI=1S/C22H20N6O2/c1-14-10-23-22(30)19-9-16-7-8-18(26-20(16)28(14)19)21(29)25-17-11-24-27(13-17)12-15-5-3-2-4-6-15/h2-9,11,13-14H,10,12H2,1H3,(H,23,30)(H,25,29)/t14-/m1/s1. The molecule has 2 N–H and O–H groups in total. The number of anilines is 1. The first kappa shape index (κ1) is 18.1. The summed E-state index contributed by atoms with van der Waals surface area (Å²) in [5, 5.41) is 10.9. The van der Waals surface area contributed by atoms with Crippen molar-refractivity contribution in [1.82, 2.24) is 24.6 Å². The van der Waals surface area contributed by atoms with Crippen molar-refractivity contribution in [3.05, 3.63) is 77.9 Å². The molecular weight excluding hydrogens is 380 g/mol. The topological polar surface area (TPSA) is 93.8 Å². The molecular formula is C22H20N6O2. The van der Waals surface area contributed by atoms with Crippen molar-refractivity contribution >= 4 is 28.5 Å². The van der Waals surface area contributed by atoms with Crippen LogP contribution in [0.15, 0.2) is 60.9 Å². The summed E-state index contributed by atoms with van der Waals surface area (Å²) in [7, 11) is 0. The minimum atomic E-state index is -0.320. The molecule has 4 heterocycles. The number of amides is 2. The molecule has 0 fully saturated rings. The molecule has 5 rings (SSSR count). The van der Waals surface area contributed by atoms with Gasteiger partial charge < -0.3 is 15.2 Å². The van der Waals surface area contributed by atoms with Crippen LogP contribution in [-0.2, 0) is 6.54 Å². The molecule has 3 aromatic heterocycles. The number of carbonyl (C=O) groups is 2. The van der Waals surface area contributed by atoms with Gasteiger partial charge >= 0.3 is 0 Å². The predicted octanol–water partition coefficient (Wildman–Crippen LogP) is 2.84. The summed E-state index contributed by atoms with van der Waals surface area (Å²) in [6.07, 6.45) is 3.40. The zero-order valence-electron chi connectivity index (χ0n) is 16.4. The van der Waals surface area contributed by atoms with Crippen molar-refractivity contribution < 1.29 is 9.59 Å². The second-order valence-electron chi connectivity index (χ2n) is 7.43. The molecule has 1 atom stereocenters. The van der Waals surface area contributed by atoms with Gasteiger partial charge in [0.05, 0.1) is 24.5 Å². The van der Waals surface area contributed by atoms with Crippen LogP contribution in [0.5, 0.6) is 0 Å². The molecule has 0 bridgehead atoms. The van der Waals surface area contributed by atoms with E-state index in [0.29, 0.717) is 30.1 Å². The second-order valence-corrected chi connectivity index (χ2v) is 7.43. The zero-order valence-corrected chi connectivity index (χ0v) is 16.4. The number of pyridine rings is 1. The van der Waals surface area contributed by atoms with E-state index in [9.17, 15) is 9.59 Å². The van der Waals surface area contributed by atoms with Crippen molar-refractivity contribution in [3.8, 4) is 0 Å². The van der Waals surface area contributed by atoms with Gasteiger partial charge in [-0.15, -0.1) is 0 Å². The third-order valence-electron chi connectivity index (χ3n) is 5.23. The Bertz CT molecular complexity index is 1260. The smallest absolute Gasteiger partial charge is 0.274 e. The molecule has 0 unspecified atom stereocenters. The normalized spacial score (nSPS) is 15.6. The molecule has 8 heteroatoms. The van der Waals surface area contributed by atoms with Gasteiger partial charge in [0, 0.05) is 18.1 Å². The average molecular weight is 400 g/mol. The number of benzene rings is 1. The van der Waals surface area contributed by atoms with E-state index in [1.54, 1.807) is 23.1 Å². The van der Waals surface area contributed by atoms with E-state index in [2.05, 4.69) is 20.7 Å². The number of aromatic nitrogens is 4. The highest BCUT2D eigenvalue weighted by Crippen LogP contribution is 2.25. The summed E-state index contributed by atoms with van der Waals surface area (Å²) in [5.74, 6) is -0.442. The predicted molar refractivity (Wildman–Crippen MR) is 113 cm³/mol. The molecule has 150 valence electrons. The van der Waals surface area contributed by atoms with Crippen LogP contribution in [-0.4, -0.2) is 37.7 Å². The SMILES string of the molecule is C[C@@H]1CNC(=O)c2cc3ccc(C(=O)Nc4cnn(Cc5ccccc5)c4)nc3n21. The van der Waals surface area contributed by atoms with Crippen molar-refractivity contribution in [2.45, 2.75) is 19.5 Å². The van der Waals surface area contributed by atoms with Crippen molar-refractivity contribution in [2.75, 3.05) is 11.9 Å². The lowest BCUT2D eigenvalue weighted by molar-refractivity contribution is 0.0918. The number of nitrogens with one attached hydrogen (secondary N) is 2. The van der Waals surface area contributed by atoms with Gasteiger partial charge in [-0.2, -0.15) is 5.10 Å². The fourth-order valence-corrected chi connectivity index (χ4v) is 3.75. The van der Waals surface area contributed by atoms with Crippen LogP contribution >= 0.6 is 0 Å². The summed E-state index contributed by atoms with van der Waals surface area (Å²) in [4.78, 5) is 29.5. The summed E-state index contributed by atoms with van der Waals surface area (Å²) in [6.45, 7) is 3.17. The maximum absolute atomic E-state index is 12.8. The van der Waals surface area contributed by atoms with E-state index < -0.39 is 0 Å². The highest BCUT2D eigenvalue weighted by molar-refractivity contribution is 6.04. The molecule has 0 radical (unpaired) electrons. The third kappa shape index (κ3) is 3.22. The molecule has 8 nitrogen and oxygen atoms in total. The molecule has 1 aliphatic rings. The van der Waals surface area contributed by atoms with Crippen LogP contribution in [0, 0.1) is 0 Å². The molecule has 1 aliphatic heterocycles. The molecule has 1 aromatic carbocycles. The third-order valence-corrected chi connectivity index (χ3v) is 5.23. The van der Waals surface area contributed by atoms with Gasteiger partial charge in [-0.05, 0) is 30.7 Å². The molecule has 30 heavy (non-hydrogen) atoms. The maximum Gasteiger partial charge on any atom is 0.274 e. The van der Waals surface area contributed by atoms with E-state index >= 15 is 0 Å². The van der Waals surface area contributed by atoms with Crippen LogP contribution in [0.4, 0.5) is 5.69 Å². The van der Waals surface area contributed by atoms with Gasteiger partial charge in [0.2, 0.25) is 0 Å². The lowest BCUT2D eigenvalue weighted by Gasteiger charge is -2.23. The van der Waals surface area contributed by atoms with Gasteiger partial charge in [-0.25, -0.2) is 4.98 Å². The van der Waals surface area contributed by atoms with Crippen LogP contribution in [0.3, 0.4) is 0 Å². The summed E-state index contributed by atoms with van der Waals surface area (Å²) in [6, 6.07) is 15.3. The molecule has 2 amide bonds. The van der Waals surface area contributed by atoms with E-state index in [1.165, 1.54) is 0 Å². The zero-order chi connectivity index (χ0) is 20.7. The highest BCUT2D eigenvalue weighted by Gasteiger charge is 2.25. The molecule has 4 aromatic rings. The van der Waals surface area contributed by atoms with Crippen LogP contribution in [0.1, 0.15) is 39.5 Å². The monoisotopic (exact) mass is 400 g/mol. The molecule has 0 spiro atoms. The van der Waals surface area contributed by atoms with Gasteiger partial charge in [0.25, 0.3) is 11.8 Å². The maximum atomic E-state index is 12.8. The van der Waals surface area contributed by atoms with E-state index in [0.717, 1.165) is 10.9 Å². The highest BCUT2D eigenvalue weighted by atomic mass is 16.2. The van der Waals surface area contributed by atoms with Gasteiger partial charge in [-0.1, -0.05) is 30.3 Å². The van der Waals surface area contributed by atoms with Gasteiger partial charge in [0.1, 0.15) is 17.0 Å². The first-order valence-corrected chi connectivity index (χ1v) is 9.76. The van der Waals surface area contributed by atoms with Crippen molar-refractivity contribution in [1.29, 1.82) is 0 Å². The lowest BCUT2D eigenvalue weighted by atomic mass is 10.2. The van der Waals surface area contributed by atoms with Crippen molar-refractivity contribution in [2.24, 2.45) is 0 Å². The number of carbonyl (C=O) groups excluding carboxylic acids is 2. The van der Waals surface area contributed by atoms with Gasteiger partial charge in [-0.3, -0.25) is 14.3 Å². The Kier molecular flexibility index (Phi) is 4.31. The summed E-state index contributed by atoms with van der Waals surface area (Å²) < 4.78 is 3.66. The number of hydrogen-bond acceptors (Lipinski definition) is 4. The quantitative estimate of drug-likeness (QED) is 0.551. The number of nitrogens with zero attached hydrogens (tertiary/aromatic N) is 4. The Balaban J connectivity index is 1.38. The van der Waals surface area contributed by atoms with Gasteiger partial charge in [0.15, 0.2) is 0 Å². The van der Waals surface area contributed by atoms with E-state index in [4.69, 9.17) is 0 Å². The Morgan fingerprint density at radius 2 is 2.07 bits per heavy atom. The first-order valence-electron chi connectivity index (χ1n) is 9.76. The number of fused-ring (bicyclic) bond motifs is 3. The number of hydrogen-bond donors (Lipinski definition) is 2. The summed E-state index contributed by atoms with van der Waals surface area (Å²) in [5.41, 5.74) is 3.22. The number of rotatable bonds is 4. The lowest BCUT2D eigenvalue weighted by Crippen LogP contribution is -2.37. The van der Waals surface area contributed by atoms with Crippen LogP contribution in [0.2, 0.25) is 0 Å². The first-order chi connectivity index (χ1) is 14.6. The minimum Gasteiger partial charge on any atom is -0.349 e. The molecule has 0 saturated heterocycles. The van der Waals surface area contributed by atoms with E-state index in [1.807, 2.05) is 54.0 Å². The van der Waals surface area contributed by atoms with Crippen LogP contribution < -0.4 is 10.6 Å². The second kappa shape index (κ2) is 7.14. The van der Waals surface area contributed by atoms with Crippen LogP contribution in [0.25, 0.3) is 11.0 Å². The Morgan fingerprint density at radius 1 is 1.23 bits per heavy atom. The largest absolute Gasteiger partial charge is 0.349 e. The van der Waals surface area contributed by atoms with E-state index in [-0.39, 0.29) is 23.6 Å². The average Bonchev–Trinajstić information content (AvgIpc) is 3.36. The Morgan fingerprint density at radius 3 is 2.90 bits per heavy atom. The molecule has 0 aliphatic carbocycles. The Hall–Kier alpha value is -3.94. The fourth-order valence-electron chi connectivity index (χ4n) is 3.75. The molecule has 0 saturated carbocycles.